The molecular formula is C14H16N2O4. The Balaban J connectivity index is 1.88. The highest BCUT2D eigenvalue weighted by molar-refractivity contribution is 5.92. The van der Waals surface area contributed by atoms with E-state index in [9.17, 15) is 4.79 Å². The highest BCUT2D eigenvalue weighted by Crippen LogP contribution is 2.26. The average molecular weight is 276 g/mol. The molecule has 1 unspecified atom stereocenters. The van der Waals surface area contributed by atoms with Crippen LogP contribution in [0.25, 0.3) is 11.1 Å². The molecule has 0 aliphatic carbocycles. The number of fused-ring (bicyclic) bond motifs is 1. The Morgan fingerprint density at radius 1 is 1.50 bits per heavy atom. The van der Waals surface area contributed by atoms with E-state index in [0.29, 0.717) is 19.0 Å². The molecule has 106 valence electrons. The van der Waals surface area contributed by atoms with Gasteiger partial charge in [0.25, 0.3) is 0 Å². The molecule has 1 atom stereocenters. The summed E-state index contributed by atoms with van der Waals surface area (Å²) in [4.78, 5) is 17.8. The monoisotopic (exact) mass is 276 g/mol. The first-order valence-electron chi connectivity index (χ1n) is 6.57. The number of anilines is 1. The van der Waals surface area contributed by atoms with Gasteiger partial charge in [-0.3, -0.25) is 4.90 Å². The van der Waals surface area contributed by atoms with E-state index in [-0.39, 0.29) is 12.2 Å². The number of ether oxygens (including phenoxy) is 2. The van der Waals surface area contributed by atoms with E-state index in [2.05, 4.69) is 4.98 Å². The van der Waals surface area contributed by atoms with Gasteiger partial charge in [-0.15, -0.1) is 0 Å². The van der Waals surface area contributed by atoms with Crippen LogP contribution in [0, 0.1) is 0 Å². The molecule has 2 heterocycles. The van der Waals surface area contributed by atoms with Crippen LogP contribution in [0.15, 0.2) is 22.6 Å². The standard InChI is InChI=1S/C14H16N2O4/c1-3-13-15-11-6-9(4-5-12(11)20-13)16-7-10(8-18-2)19-14(16)17/h4-6,10H,3,7-8H2,1-2H3. The first kappa shape index (κ1) is 12.9. The molecule has 0 saturated carbocycles. The Kier molecular flexibility index (Phi) is 3.31. The van der Waals surface area contributed by atoms with Crippen LogP contribution in [0.3, 0.4) is 0 Å². The fraction of sp³-hybridized carbons (Fsp3) is 0.429. The van der Waals surface area contributed by atoms with E-state index in [1.165, 1.54) is 0 Å². The molecule has 1 aromatic carbocycles. The molecule has 0 N–H and O–H groups in total. The predicted octanol–water partition coefficient (Wildman–Crippen LogP) is 2.36. The largest absolute Gasteiger partial charge is 0.441 e. The number of carbonyl (C=O) groups is 1. The van der Waals surface area contributed by atoms with Gasteiger partial charge in [-0.05, 0) is 18.2 Å². The minimum absolute atomic E-state index is 0.230. The molecule has 2 aromatic rings. The fourth-order valence-corrected chi connectivity index (χ4v) is 2.29. The molecule has 6 nitrogen and oxygen atoms in total. The summed E-state index contributed by atoms with van der Waals surface area (Å²) in [5.74, 6) is 0.693. The normalized spacial score (nSPS) is 18.8. The summed E-state index contributed by atoms with van der Waals surface area (Å²) in [6, 6.07) is 5.51. The zero-order valence-corrected chi connectivity index (χ0v) is 11.5. The highest BCUT2D eigenvalue weighted by atomic mass is 16.6. The predicted molar refractivity (Wildman–Crippen MR) is 72.9 cm³/mol. The van der Waals surface area contributed by atoms with E-state index >= 15 is 0 Å². The molecule has 1 aliphatic heterocycles. The number of benzene rings is 1. The van der Waals surface area contributed by atoms with Crippen molar-refractivity contribution >= 4 is 22.9 Å². The minimum atomic E-state index is -0.356. The second-order valence-electron chi connectivity index (χ2n) is 4.68. The topological polar surface area (TPSA) is 64.8 Å². The Morgan fingerprint density at radius 3 is 3.10 bits per heavy atom. The number of nitrogens with zero attached hydrogens (tertiary/aromatic N) is 2. The summed E-state index contributed by atoms with van der Waals surface area (Å²) in [5, 5.41) is 0. The minimum Gasteiger partial charge on any atom is -0.441 e. The molecule has 3 rings (SSSR count). The van der Waals surface area contributed by atoms with Crippen molar-refractivity contribution in [3.8, 4) is 0 Å². The molecule has 1 aromatic heterocycles. The molecule has 1 aliphatic rings. The molecule has 0 radical (unpaired) electrons. The van der Waals surface area contributed by atoms with Crippen molar-refractivity contribution in [1.82, 2.24) is 4.98 Å². The fourth-order valence-electron chi connectivity index (χ4n) is 2.29. The van der Waals surface area contributed by atoms with Gasteiger partial charge in [0, 0.05) is 19.2 Å². The van der Waals surface area contributed by atoms with E-state index in [4.69, 9.17) is 13.9 Å². The number of hydrogen-bond acceptors (Lipinski definition) is 5. The Bertz CT molecular complexity index is 637. The quantitative estimate of drug-likeness (QED) is 0.857. The molecule has 1 saturated heterocycles. The smallest absolute Gasteiger partial charge is 0.414 e. The third kappa shape index (κ3) is 2.22. The average Bonchev–Trinajstić information content (AvgIpc) is 3.01. The lowest BCUT2D eigenvalue weighted by molar-refractivity contribution is 0.0718. The molecule has 1 fully saturated rings. The second-order valence-corrected chi connectivity index (χ2v) is 4.68. The van der Waals surface area contributed by atoms with Crippen LogP contribution in [0.5, 0.6) is 0 Å². The molecule has 0 bridgehead atoms. The number of aromatic nitrogens is 1. The SMILES string of the molecule is CCc1nc2cc(N3CC(COC)OC3=O)ccc2o1. The van der Waals surface area contributed by atoms with Crippen molar-refractivity contribution in [3.63, 3.8) is 0 Å². The number of rotatable bonds is 4. The molecule has 6 heteroatoms. The van der Waals surface area contributed by atoms with E-state index in [1.54, 1.807) is 12.0 Å². The Hall–Kier alpha value is -2.08. The maximum Gasteiger partial charge on any atom is 0.414 e. The highest BCUT2D eigenvalue weighted by Gasteiger charge is 2.32. The summed E-state index contributed by atoms with van der Waals surface area (Å²) < 4.78 is 15.8. The van der Waals surface area contributed by atoms with E-state index < -0.39 is 0 Å². The number of oxazole rings is 1. The van der Waals surface area contributed by atoms with Gasteiger partial charge in [-0.2, -0.15) is 0 Å². The van der Waals surface area contributed by atoms with Gasteiger partial charge in [0.15, 0.2) is 11.5 Å². The number of carbonyl (C=O) groups excluding carboxylic acids is 1. The third-order valence-electron chi connectivity index (χ3n) is 3.26. The second kappa shape index (κ2) is 5.13. The maximum absolute atomic E-state index is 11.9. The van der Waals surface area contributed by atoms with Crippen LogP contribution in [0.4, 0.5) is 10.5 Å². The number of hydrogen-bond donors (Lipinski definition) is 0. The van der Waals surface area contributed by atoms with Gasteiger partial charge in [0.05, 0.1) is 13.2 Å². The first-order valence-corrected chi connectivity index (χ1v) is 6.57. The number of methoxy groups -OCH3 is 1. The number of cyclic esters (lactones) is 1. The van der Waals surface area contributed by atoms with Crippen molar-refractivity contribution in [1.29, 1.82) is 0 Å². The number of aryl methyl sites for hydroxylation is 1. The molecule has 1 amide bonds. The molecular weight excluding hydrogens is 260 g/mol. The van der Waals surface area contributed by atoms with Crippen molar-refractivity contribution < 1.29 is 18.7 Å². The van der Waals surface area contributed by atoms with Gasteiger partial charge in [-0.1, -0.05) is 6.92 Å². The van der Waals surface area contributed by atoms with Crippen LogP contribution < -0.4 is 4.90 Å². The van der Waals surface area contributed by atoms with E-state index in [0.717, 1.165) is 23.2 Å². The van der Waals surface area contributed by atoms with Crippen LogP contribution >= 0.6 is 0 Å². The summed E-state index contributed by atoms with van der Waals surface area (Å²) in [5.41, 5.74) is 2.24. The van der Waals surface area contributed by atoms with Gasteiger partial charge in [0.2, 0.25) is 0 Å². The maximum atomic E-state index is 11.9. The summed E-state index contributed by atoms with van der Waals surface area (Å²) in [7, 11) is 1.59. The molecule has 0 spiro atoms. The lowest BCUT2D eigenvalue weighted by atomic mass is 10.2. The van der Waals surface area contributed by atoms with Crippen LogP contribution in [-0.4, -0.2) is 37.4 Å². The Labute approximate surface area is 116 Å². The van der Waals surface area contributed by atoms with Gasteiger partial charge in [0.1, 0.15) is 11.6 Å². The zero-order chi connectivity index (χ0) is 14.1. The van der Waals surface area contributed by atoms with Crippen molar-refractivity contribution in [2.24, 2.45) is 0 Å². The lowest BCUT2D eigenvalue weighted by Gasteiger charge is -2.12. The molecule has 20 heavy (non-hydrogen) atoms. The summed E-state index contributed by atoms with van der Waals surface area (Å²) >= 11 is 0. The van der Waals surface area contributed by atoms with Crippen molar-refractivity contribution in [2.45, 2.75) is 19.4 Å². The van der Waals surface area contributed by atoms with Gasteiger partial charge in [-0.25, -0.2) is 9.78 Å². The van der Waals surface area contributed by atoms with E-state index in [1.807, 2.05) is 25.1 Å². The first-order chi connectivity index (χ1) is 9.71. The third-order valence-corrected chi connectivity index (χ3v) is 3.26. The lowest BCUT2D eigenvalue weighted by Crippen LogP contribution is -2.25. The number of amides is 1. The summed E-state index contributed by atoms with van der Waals surface area (Å²) in [6.07, 6.45) is 0.156. The summed E-state index contributed by atoms with van der Waals surface area (Å²) in [6.45, 7) is 2.86. The van der Waals surface area contributed by atoms with Crippen LogP contribution in [0.1, 0.15) is 12.8 Å². The Morgan fingerprint density at radius 2 is 2.35 bits per heavy atom. The van der Waals surface area contributed by atoms with Gasteiger partial charge >= 0.3 is 6.09 Å². The van der Waals surface area contributed by atoms with Crippen molar-refractivity contribution in [2.75, 3.05) is 25.2 Å². The van der Waals surface area contributed by atoms with Gasteiger partial charge < -0.3 is 13.9 Å². The van der Waals surface area contributed by atoms with Crippen LogP contribution in [0.2, 0.25) is 0 Å². The zero-order valence-electron chi connectivity index (χ0n) is 11.5. The van der Waals surface area contributed by atoms with Crippen LogP contribution in [-0.2, 0) is 15.9 Å². The van der Waals surface area contributed by atoms with Crippen molar-refractivity contribution in [3.05, 3.63) is 24.1 Å².